The van der Waals surface area contributed by atoms with Crippen molar-refractivity contribution in [3.05, 3.63) is 99.9 Å². The van der Waals surface area contributed by atoms with Gasteiger partial charge in [-0.3, -0.25) is 15.5 Å². The summed E-state index contributed by atoms with van der Waals surface area (Å²) in [4.78, 5) is 18.1. The molecule has 2 N–H and O–H groups in total. The van der Waals surface area contributed by atoms with E-state index in [9.17, 15) is 10.1 Å². The van der Waals surface area contributed by atoms with Crippen molar-refractivity contribution in [1.29, 1.82) is 0 Å². The second kappa shape index (κ2) is 8.48. The van der Waals surface area contributed by atoms with E-state index in [1.54, 1.807) is 18.3 Å². The monoisotopic (exact) mass is 360 g/mol. The second-order valence-electron chi connectivity index (χ2n) is 5.74. The van der Waals surface area contributed by atoms with Crippen LogP contribution in [0.15, 0.2) is 83.0 Å². The Bertz CT molecular complexity index is 983. The van der Waals surface area contributed by atoms with Crippen LogP contribution in [0.25, 0.3) is 0 Å². The van der Waals surface area contributed by atoms with Gasteiger partial charge in [-0.15, -0.1) is 0 Å². The van der Waals surface area contributed by atoms with Crippen molar-refractivity contribution < 1.29 is 9.91 Å². The van der Waals surface area contributed by atoms with Crippen LogP contribution in [-0.2, 0) is 0 Å². The summed E-state index contributed by atoms with van der Waals surface area (Å²) in [5.74, 6) is 0.558. The maximum Gasteiger partial charge on any atom is 0.269 e. The van der Waals surface area contributed by atoms with Crippen LogP contribution in [0, 0.1) is 17.0 Å². The molecule has 0 saturated heterocycles. The van der Waals surface area contributed by atoms with Gasteiger partial charge in [0.15, 0.2) is 6.20 Å². The smallest absolute Gasteiger partial charge is 0.258 e. The highest BCUT2D eigenvalue weighted by Crippen LogP contribution is 2.17. The van der Waals surface area contributed by atoms with Crippen LogP contribution in [0.3, 0.4) is 0 Å². The van der Waals surface area contributed by atoms with Crippen molar-refractivity contribution >= 4 is 23.4 Å². The number of hydrogen-bond donors (Lipinski definition) is 1. The lowest BCUT2D eigenvalue weighted by atomic mass is 10.2. The van der Waals surface area contributed by atoms with Crippen molar-refractivity contribution in [3.8, 4) is 0 Å². The molecule has 1 aromatic heterocycles. The van der Waals surface area contributed by atoms with Gasteiger partial charge < -0.3 is 0 Å². The number of aryl methyl sites for hydroxylation is 1. The van der Waals surface area contributed by atoms with E-state index >= 15 is 0 Å². The number of pyridine rings is 1. The summed E-state index contributed by atoms with van der Waals surface area (Å²) in [5, 5.41) is 14.9. The van der Waals surface area contributed by atoms with Crippen LogP contribution in [0.4, 0.5) is 11.4 Å². The third kappa shape index (κ3) is 4.82. The molecule has 0 amide bonds. The topological polar surface area (TPSA) is 94.0 Å². The molecule has 0 saturated carbocycles. The molecule has 3 aromatic rings. The first-order chi connectivity index (χ1) is 13.1. The summed E-state index contributed by atoms with van der Waals surface area (Å²) < 4.78 is 0. The van der Waals surface area contributed by atoms with E-state index in [-0.39, 0.29) is 5.69 Å². The number of hydrazone groups is 1. The lowest BCUT2D eigenvalue weighted by Gasteiger charge is -2.04. The highest BCUT2D eigenvalue weighted by Gasteiger charge is 2.10. The Kier molecular flexibility index (Phi) is 5.64. The van der Waals surface area contributed by atoms with Crippen molar-refractivity contribution in [2.24, 2.45) is 10.1 Å². The number of para-hydroxylation sites is 1. The molecule has 0 spiro atoms. The fraction of sp³-hybridized carbons (Fsp3) is 0.0500. The lowest BCUT2D eigenvalue weighted by Crippen LogP contribution is -2.26. The van der Waals surface area contributed by atoms with E-state index in [4.69, 9.17) is 0 Å². The molecule has 0 radical (unpaired) electrons. The van der Waals surface area contributed by atoms with Gasteiger partial charge in [0, 0.05) is 24.3 Å². The number of nitrogens with one attached hydrogen (secondary N) is 2. The Morgan fingerprint density at radius 3 is 2.48 bits per heavy atom. The molecule has 27 heavy (non-hydrogen) atoms. The molecule has 2 aromatic carbocycles. The van der Waals surface area contributed by atoms with Crippen molar-refractivity contribution in [2.75, 3.05) is 0 Å². The molecule has 134 valence electrons. The molecule has 0 atom stereocenters. The number of nitro benzene ring substituents is 1. The quantitative estimate of drug-likeness (QED) is 0.327. The van der Waals surface area contributed by atoms with E-state index in [0.29, 0.717) is 5.84 Å². The number of aromatic amines is 1. The van der Waals surface area contributed by atoms with Gasteiger partial charge in [-0.1, -0.05) is 18.2 Å². The normalized spacial score (nSPS) is 11.5. The minimum absolute atomic E-state index is 0.0424. The zero-order chi connectivity index (χ0) is 19.1. The fourth-order valence-electron chi connectivity index (χ4n) is 2.35. The summed E-state index contributed by atoms with van der Waals surface area (Å²) in [6.07, 6.45) is 3.39. The molecule has 7 heteroatoms. The van der Waals surface area contributed by atoms with Gasteiger partial charge in [0.2, 0.25) is 11.5 Å². The number of nitrogens with zero attached hydrogens (tertiary/aromatic N) is 3. The van der Waals surface area contributed by atoms with Gasteiger partial charge in [-0.25, -0.2) is 9.98 Å². The number of H-pyrrole nitrogens is 1. The van der Waals surface area contributed by atoms with E-state index < -0.39 is 4.92 Å². The standard InChI is InChI=1S/C20H17N5O2/c1-15-6-2-3-7-18(15)23-20(19-8-4-5-13-21-19)24-22-14-16-9-11-17(12-10-16)25(26)27/h2-14H,1H3,(H,23,24)/p+1/b22-14-. The first-order valence-electron chi connectivity index (χ1n) is 8.28. The highest BCUT2D eigenvalue weighted by molar-refractivity contribution is 5.98. The Hall–Kier alpha value is -3.87. The van der Waals surface area contributed by atoms with Gasteiger partial charge in [-0.2, -0.15) is 5.10 Å². The van der Waals surface area contributed by atoms with Crippen molar-refractivity contribution in [2.45, 2.75) is 6.92 Å². The van der Waals surface area contributed by atoms with Gasteiger partial charge >= 0.3 is 0 Å². The number of aromatic nitrogens is 1. The van der Waals surface area contributed by atoms with Crippen LogP contribution in [-0.4, -0.2) is 17.0 Å². The molecule has 0 aliphatic carbocycles. The third-order valence-corrected chi connectivity index (χ3v) is 3.80. The molecule has 1 heterocycles. The lowest BCUT2D eigenvalue weighted by molar-refractivity contribution is -0.384. The zero-order valence-corrected chi connectivity index (χ0v) is 14.7. The van der Waals surface area contributed by atoms with Crippen LogP contribution < -0.4 is 10.4 Å². The van der Waals surface area contributed by atoms with Crippen molar-refractivity contribution in [3.63, 3.8) is 0 Å². The summed E-state index contributed by atoms with van der Waals surface area (Å²) in [7, 11) is 0. The van der Waals surface area contributed by atoms with E-state index in [1.807, 2.05) is 55.6 Å². The summed E-state index contributed by atoms with van der Waals surface area (Å²) in [6.45, 7) is 1.99. The van der Waals surface area contributed by atoms with Crippen molar-refractivity contribution in [1.82, 2.24) is 5.43 Å². The summed E-state index contributed by atoms with van der Waals surface area (Å²) >= 11 is 0. The maximum atomic E-state index is 10.7. The van der Waals surface area contributed by atoms with Crippen LogP contribution in [0.1, 0.15) is 16.8 Å². The molecule has 7 nitrogen and oxygen atoms in total. The van der Waals surface area contributed by atoms with E-state index in [0.717, 1.165) is 22.5 Å². The largest absolute Gasteiger partial charge is 0.269 e. The molecule has 0 aliphatic rings. The Balaban J connectivity index is 1.84. The molecular formula is C20H18N5O2+. The second-order valence-corrected chi connectivity index (χ2v) is 5.74. The number of amidine groups is 1. The van der Waals surface area contributed by atoms with Crippen LogP contribution >= 0.6 is 0 Å². The van der Waals surface area contributed by atoms with Gasteiger partial charge in [-0.05, 0) is 42.3 Å². The first kappa shape index (κ1) is 17.9. The molecule has 0 bridgehead atoms. The third-order valence-electron chi connectivity index (χ3n) is 3.80. The van der Waals surface area contributed by atoms with Gasteiger partial charge in [0.05, 0.1) is 16.8 Å². The van der Waals surface area contributed by atoms with Crippen LogP contribution in [0.5, 0.6) is 0 Å². The van der Waals surface area contributed by atoms with Crippen LogP contribution in [0.2, 0.25) is 0 Å². The van der Waals surface area contributed by atoms with E-state index in [2.05, 4.69) is 20.5 Å². The fourth-order valence-corrected chi connectivity index (χ4v) is 2.35. The number of non-ortho nitro benzene ring substituents is 1. The SMILES string of the molecule is Cc1ccccc1N=C(N/N=C\c1ccc([N+](=O)[O-])cc1)c1cccc[nH+]1. The Labute approximate surface area is 156 Å². The first-order valence-corrected chi connectivity index (χ1v) is 8.28. The highest BCUT2D eigenvalue weighted by atomic mass is 16.6. The number of hydrogen-bond acceptors (Lipinski definition) is 4. The van der Waals surface area contributed by atoms with Gasteiger partial charge in [0.1, 0.15) is 0 Å². The number of benzene rings is 2. The molecule has 3 rings (SSSR count). The number of rotatable bonds is 5. The average molecular weight is 360 g/mol. The minimum Gasteiger partial charge on any atom is -0.258 e. The predicted octanol–water partition coefficient (Wildman–Crippen LogP) is 3.42. The number of aliphatic imine (C=N–C) groups is 1. The average Bonchev–Trinajstić information content (AvgIpc) is 2.70. The molecule has 0 aliphatic heterocycles. The van der Waals surface area contributed by atoms with E-state index in [1.165, 1.54) is 12.1 Å². The molecule has 0 unspecified atom stereocenters. The Morgan fingerprint density at radius 1 is 1.07 bits per heavy atom. The molecular weight excluding hydrogens is 342 g/mol. The maximum absolute atomic E-state index is 10.7. The predicted molar refractivity (Wildman–Crippen MR) is 104 cm³/mol. The Morgan fingerprint density at radius 2 is 1.81 bits per heavy atom. The van der Waals surface area contributed by atoms with Gasteiger partial charge in [0.25, 0.3) is 5.69 Å². The molecule has 0 fully saturated rings. The number of nitro groups is 1. The summed E-state index contributed by atoms with van der Waals surface area (Å²) in [6, 6.07) is 19.6. The zero-order valence-electron chi connectivity index (χ0n) is 14.7. The minimum atomic E-state index is -0.433. The summed E-state index contributed by atoms with van der Waals surface area (Å²) in [5.41, 5.74) is 6.39.